The molecule has 1 fully saturated rings. The Bertz CT molecular complexity index is 739. The van der Waals surface area contributed by atoms with E-state index in [1.165, 1.54) is 5.56 Å². The summed E-state index contributed by atoms with van der Waals surface area (Å²) in [4.78, 5) is 20.8. The summed E-state index contributed by atoms with van der Waals surface area (Å²) in [5.41, 5.74) is 1.23. The molecule has 7 heteroatoms. The van der Waals surface area contributed by atoms with Crippen molar-refractivity contribution in [1.29, 1.82) is 0 Å². The van der Waals surface area contributed by atoms with Gasteiger partial charge in [0.25, 0.3) is 5.91 Å². The highest BCUT2D eigenvalue weighted by Crippen LogP contribution is 2.16. The Labute approximate surface area is 167 Å². The van der Waals surface area contributed by atoms with Crippen LogP contribution in [0.5, 0.6) is 5.88 Å². The summed E-state index contributed by atoms with van der Waals surface area (Å²) in [5.74, 6) is 0.448. The maximum Gasteiger partial charge on any atom is 0.260 e. The van der Waals surface area contributed by atoms with E-state index < -0.39 is 0 Å². The smallest absolute Gasteiger partial charge is 0.260 e. The molecule has 1 aliphatic heterocycles. The Morgan fingerprint density at radius 1 is 1.27 bits per heavy atom. The molecule has 0 radical (unpaired) electrons. The molecule has 0 N–H and O–H groups in total. The first-order valence-corrected chi connectivity index (χ1v) is 9.69. The van der Waals surface area contributed by atoms with Crippen molar-refractivity contribution in [3.8, 4) is 5.88 Å². The van der Waals surface area contributed by atoms with Crippen molar-refractivity contribution < 1.29 is 9.53 Å². The fraction of sp³-hybridized carbons (Fsp3) is 0.368. The van der Waals surface area contributed by atoms with Crippen LogP contribution in [0.3, 0.4) is 0 Å². The Balaban J connectivity index is 1.49. The van der Waals surface area contributed by atoms with Crippen LogP contribution in [-0.4, -0.2) is 53.0 Å². The largest absolute Gasteiger partial charge is 0.468 e. The predicted molar refractivity (Wildman–Crippen MR) is 105 cm³/mol. The number of ether oxygens (including phenoxy) is 1. The van der Waals surface area contributed by atoms with Crippen molar-refractivity contribution in [3.05, 3.63) is 57.7 Å². The van der Waals surface area contributed by atoms with E-state index in [2.05, 4.69) is 32.7 Å². The van der Waals surface area contributed by atoms with Gasteiger partial charge in [0.05, 0.1) is 0 Å². The van der Waals surface area contributed by atoms with Gasteiger partial charge in [0.1, 0.15) is 0 Å². The number of benzene rings is 1. The van der Waals surface area contributed by atoms with Gasteiger partial charge in [-0.25, -0.2) is 4.98 Å². The second kappa shape index (κ2) is 8.84. The molecule has 1 aromatic carbocycles. The fourth-order valence-corrected chi connectivity index (χ4v) is 3.42. The first-order valence-electron chi connectivity index (χ1n) is 8.52. The van der Waals surface area contributed by atoms with Crippen LogP contribution in [0.4, 0.5) is 0 Å². The van der Waals surface area contributed by atoms with E-state index in [4.69, 9.17) is 16.3 Å². The summed E-state index contributed by atoms with van der Waals surface area (Å²) in [7, 11) is 0. The van der Waals surface area contributed by atoms with Crippen LogP contribution in [0.25, 0.3) is 0 Å². The number of piperazine rings is 1. The molecule has 0 saturated carbocycles. The molecule has 5 nitrogen and oxygen atoms in total. The summed E-state index contributed by atoms with van der Waals surface area (Å²) in [5, 5.41) is 0.748. The number of carbonyl (C=O) groups is 1. The van der Waals surface area contributed by atoms with E-state index >= 15 is 0 Å². The van der Waals surface area contributed by atoms with Crippen molar-refractivity contribution >= 4 is 33.4 Å². The summed E-state index contributed by atoms with van der Waals surface area (Å²) in [6.45, 7) is 5.33. The molecule has 1 aliphatic rings. The number of amides is 1. The third kappa shape index (κ3) is 5.19. The SMILES string of the molecule is C[C@@H]1CN(Cc2ccc(Cl)cc2)CCN1C(=O)COc1ccc(Br)cn1. The van der Waals surface area contributed by atoms with Gasteiger partial charge in [0.15, 0.2) is 6.61 Å². The van der Waals surface area contributed by atoms with E-state index in [-0.39, 0.29) is 18.6 Å². The number of carbonyl (C=O) groups excluding carboxylic acids is 1. The Hall–Kier alpha value is -1.63. The number of nitrogens with zero attached hydrogens (tertiary/aromatic N) is 3. The van der Waals surface area contributed by atoms with Crippen LogP contribution in [0.15, 0.2) is 47.1 Å². The molecule has 26 heavy (non-hydrogen) atoms. The van der Waals surface area contributed by atoms with E-state index in [1.807, 2.05) is 35.2 Å². The Morgan fingerprint density at radius 2 is 2.04 bits per heavy atom. The van der Waals surface area contributed by atoms with E-state index in [1.54, 1.807) is 12.3 Å². The van der Waals surface area contributed by atoms with Crippen LogP contribution in [0, 0.1) is 0 Å². The zero-order valence-corrected chi connectivity index (χ0v) is 16.9. The molecule has 1 aromatic heterocycles. The second-order valence-electron chi connectivity index (χ2n) is 6.40. The number of aromatic nitrogens is 1. The van der Waals surface area contributed by atoms with Crippen molar-refractivity contribution in [2.45, 2.75) is 19.5 Å². The number of hydrogen-bond donors (Lipinski definition) is 0. The summed E-state index contributed by atoms with van der Waals surface area (Å²) < 4.78 is 6.39. The normalized spacial score (nSPS) is 18.0. The lowest BCUT2D eigenvalue weighted by atomic mass is 10.1. The van der Waals surface area contributed by atoms with Crippen LogP contribution in [0.1, 0.15) is 12.5 Å². The zero-order valence-electron chi connectivity index (χ0n) is 14.6. The number of halogens is 2. The minimum atomic E-state index is -0.00615. The maximum absolute atomic E-state index is 12.5. The van der Waals surface area contributed by atoms with Gasteiger partial charge < -0.3 is 9.64 Å². The molecule has 0 spiro atoms. The lowest BCUT2D eigenvalue weighted by molar-refractivity contribution is -0.138. The van der Waals surface area contributed by atoms with Crippen molar-refractivity contribution in [2.24, 2.45) is 0 Å². The molecule has 138 valence electrons. The topological polar surface area (TPSA) is 45.7 Å². The van der Waals surface area contributed by atoms with Crippen LogP contribution in [0.2, 0.25) is 5.02 Å². The molecular formula is C19H21BrClN3O2. The predicted octanol–water partition coefficient (Wildman–Crippen LogP) is 3.61. The summed E-state index contributed by atoms with van der Waals surface area (Å²) >= 11 is 9.26. The van der Waals surface area contributed by atoms with Gasteiger partial charge in [-0.2, -0.15) is 0 Å². The van der Waals surface area contributed by atoms with Gasteiger partial charge in [-0.3, -0.25) is 9.69 Å². The average molecular weight is 439 g/mol. The summed E-state index contributed by atoms with van der Waals surface area (Å²) in [6.07, 6.45) is 1.65. The van der Waals surface area contributed by atoms with Crippen LogP contribution in [-0.2, 0) is 11.3 Å². The van der Waals surface area contributed by atoms with Crippen molar-refractivity contribution in [3.63, 3.8) is 0 Å². The van der Waals surface area contributed by atoms with Gasteiger partial charge >= 0.3 is 0 Å². The molecular weight excluding hydrogens is 418 g/mol. The van der Waals surface area contributed by atoms with E-state index in [0.717, 1.165) is 29.1 Å². The lowest BCUT2D eigenvalue weighted by Gasteiger charge is -2.39. The third-order valence-corrected chi connectivity index (χ3v) is 5.12. The molecule has 1 amide bonds. The number of rotatable bonds is 5. The Morgan fingerprint density at radius 3 is 2.69 bits per heavy atom. The molecule has 2 aromatic rings. The maximum atomic E-state index is 12.5. The molecule has 0 aliphatic carbocycles. The third-order valence-electron chi connectivity index (χ3n) is 4.40. The van der Waals surface area contributed by atoms with Gasteiger partial charge in [-0.05, 0) is 46.6 Å². The Kier molecular flexibility index (Phi) is 6.51. The fourth-order valence-electron chi connectivity index (χ4n) is 3.06. The minimum Gasteiger partial charge on any atom is -0.468 e. The zero-order chi connectivity index (χ0) is 18.5. The molecule has 1 atom stereocenters. The van der Waals surface area contributed by atoms with E-state index in [0.29, 0.717) is 12.4 Å². The lowest BCUT2D eigenvalue weighted by Crippen LogP contribution is -2.54. The monoisotopic (exact) mass is 437 g/mol. The molecule has 0 unspecified atom stereocenters. The first-order chi connectivity index (χ1) is 12.5. The van der Waals surface area contributed by atoms with Gasteiger partial charge in [0, 0.05) is 54.0 Å². The summed E-state index contributed by atoms with van der Waals surface area (Å²) in [6, 6.07) is 11.6. The van der Waals surface area contributed by atoms with Crippen molar-refractivity contribution in [1.82, 2.24) is 14.8 Å². The van der Waals surface area contributed by atoms with Crippen LogP contribution < -0.4 is 4.74 Å². The highest BCUT2D eigenvalue weighted by atomic mass is 79.9. The first kappa shape index (κ1) is 19.1. The molecule has 3 rings (SSSR count). The highest BCUT2D eigenvalue weighted by molar-refractivity contribution is 9.10. The van der Waals surface area contributed by atoms with Gasteiger partial charge in [0.2, 0.25) is 5.88 Å². The number of hydrogen-bond acceptors (Lipinski definition) is 4. The van der Waals surface area contributed by atoms with E-state index in [9.17, 15) is 4.79 Å². The average Bonchev–Trinajstić information content (AvgIpc) is 2.63. The quantitative estimate of drug-likeness (QED) is 0.715. The second-order valence-corrected chi connectivity index (χ2v) is 7.75. The molecule has 2 heterocycles. The van der Waals surface area contributed by atoms with Gasteiger partial charge in [-0.15, -0.1) is 0 Å². The minimum absolute atomic E-state index is 0.00615. The van der Waals surface area contributed by atoms with Crippen molar-refractivity contribution in [2.75, 3.05) is 26.2 Å². The molecule has 0 bridgehead atoms. The highest BCUT2D eigenvalue weighted by Gasteiger charge is 2.27. The van der Waals surface area contributed by atoms with Crippen LogP contribution >= 0.6 is 27.5 Å². The number of pyridine rings is 1. The molecule has 1 saturated heterocycles. The van der Waals surface area contributed by atoms with Gasteiger partial charge in [-0.1, -0.05) is 23.7 Å². The standard InChI is InChI=1S/C19H21BrClN3O2/c1-14-11-23(12-15-2-5-17(21)6-3-15)8-9-24(14)19(25)13-26-18-7-4-16(20)10-22-18/h2-7,10,14H,8-9,11-13H2,1H3/t14-/m1/s1.